The quantitative estimate of drug-likeness (QED) is 0.889. The summed E-state index contributed by atoms with van der Waals surface area (Å²) < 4.78 is 16.2. The second kappa shape index (κ2) is 4.90. The molecule has 0 bridgehead atoms. The first-order valence-corrected chi connectivity index (χ1v) is 6.62. The van der Waals surface area contributed by atoms with Gasteiger partial charge in [-0.05, 0) is 12.0 Å². The van der Waals surface area contributed by atoms with Crippen molar-refractivity contribution in [3.05, 3.63) is 17.7 Å². The maximum absolute atomic E-state index is 6.07. The molecular formula is C14H20N2O3. The van der Waals surface area contributed by atoms with E-state index in [1.165, 1.54) is 0 Å². The normalized spacial score (nSPS) is 25.8. The third-order valence-corrected chi connectivity index (χ3v) is 3.92. The van der Waals surface area contributed by atoms with E-state index >= 15 is 0 Å². The van der Waals surface area contributed by atoms with Gasteiger partial charge in [0.25, 0.3) is 0 Å². The first-order chi connectivity index (χ1) is 9.17. The molecule has 2 aliphatic rings. The SMILES string of the molecule is COc1cc2c(cc1CN1CC(C)C(N)C1)OCO2. The highest BCUT2D eigenvalue weighted by Crippen LogP contribution is 2.38. The van der Waals surface area contributed by atoms with E-state index in [9.17, 15) is 0 Å². The summed E-state index contributed by atoms with van der Waals surface area (Å²) in [5, 5.41) is 0. The molecule has 0 aromatic heterocycles. The number of likely N-dealkylation sites (tertiary alicyclic amines) is 1. The maximum Gasteiger partial charge on any atom is 0.231 e. The van der Waals surface area contributed by atoms with Gasteiger partial charge in [-0.3, -0.25) is 4.90 Å². The molecule has 0 amide bonds. The Morgan fingerprint density at radius 3 is 2.68 bits per heavy atom. The fraction of sp³-hybridized carbons (Fsp3) is 0.571. The van der Waals surface area contributed by atoms with E-state index in [1.807, 2.05) is 12.1 Å². The average Bonchev–Trinajstić information content (AvgIpc) is 2.95. The Hall–Kier alpha value is -1.46. The summed E-state index contributed by atoms with van der Waals surface area (Å²) in [7, 11) is 1.68. The van der Waals surface area contributed by atoms with Crippen LogP contribution in [-0.2, 0) is 6.54 Å². The molecule has 5 nitrogen and oxygen atoms in total. The molecule has 104 valence electrons. The molecular weight excluding hydrogens is 244 g/mol. The molecule has 1 aromatic rings. The average molecular weight is 264 g/mol. The summed E-state index contributed by atoms with van der Waals surface area (Å²) in [5.74, 6) is 2.94. The van der Waals surface area contributed by atoms with Gasteiger partial charge in [0.1, 0.15) is 5.75 Å². The summed E-state index contributed by atoms with van der Waals surface area (Å²) in [5.41, 5.74) is 7.18. The van der Waals surface area contributed by atoms with Crippen LogP contribution in [0.25, 0.3) is 0 Å². The van der Waals surface area contributed by atoms with Crippen LogP contribution < -0.4 is 19.9 Å². The monoisotopic (exact) mass is 264 g/mol. The molecule has 0 aliphatic carbocycles. The zero-order valence-electron chi connectivity index (χ0n) is 11.4. The lowest BCUT2D eigenvalue weighted by atomic mass is 10.1. The fourth-order valence-electron chi connectivity index (χ4n) is 2.74. The summed E-state index contributed by atoms with van der Waals surface area (Å²) in [6.07, 6.45) is 0. The predicted octanol–water partition coefficient (Wildman–Crippen LogP) is 1.20. The number of rotatable bonds is 3. The lowest BCUT2D eigenvalue weighted by Gasteiger charge is -2.17. The van der Waals surface area contributed by atoms with Crippen molar-refractivity contribution in [2.45, 2.75) is 19.5 Å². The van der Waals surface area contributed by atoms with Crippen LogP contribution in [0.1, 0.15) is 12.5 Å². The third-order valence-electron chi connectivity index (χ3n) is 3.92. The van der Waals surface area contributed by atoms with Crippen LogP contribution in [0.15, 0.2) is 12.1 Å². The highest BCUT2D eigenvalue weighted by atomic mass is 16.7. The van der Waals surface area contributed by atoms with Crippen molar-refractivity contribution in [2.24, 2.45) is 11.7 Å². The van der Waals surface area contributed by atoms with Crippen molar-refractivity contribution in [1.82, 2.24) is 4.90 Å². The Balaban J connectivity index is 1.80. The second-order valence-corrected chi connectivity index (χ2v) is 5.35. The van der Waals surface area contributed by atoms with Crippen LogP contribution in [-0.4, -0.2) is 37.9 Å². The Bertz CT molecular complexity index is 468. The smallest absolute Gasteiger partial charge is 0.231 e. The van der Waals surface area contributed by atoms with E-state index in [-0.39, 0.29) is 12.8 Å². The molecule has 5 heteroatoms. The summed E-state index contributed by atoms with van der Waals surface area (Å²) in [6, 6.07) is 4.17. The van der Waals surface area contributed by atoms with E-state index in [4.69, 9.17) is 19.9 Å². The van der Waals surface area contributed by atoms with Gasteiger partial charge < -0.3 is 19.9 Å². The summed E-state index contributed by atoms with van der Waals surface area (Å²) in [6.45, 7) is 5.27. The van der Waals surface area contributed by atoms with Crippen LogP contribution in [0.4, 0.5) is 0 Å². The van der Waals surface area contributed by atoms with Crippen LogP contribution in [0.5, 0.6) is 17.2 Å². The molecule has 1 aromatic carbocycles. The molecule has 2 atom stereocenters. The van der Waals surface area contributed by atoms with Gasteiger partial charge in [0, 0.05) is 37.3 Å². The van der Waals surface area contributed by atoms with E-state index in [0.29, 0.717) is 5.92 Å². The number of nitrogens with zero attached hydrogens (tertiary/aromatic N) is 1. The van der Waals surface area contributed by atoms with Crippen LogP contribution in [0, 0.1) is 5.92 Å². The molecule has 1 fully saturated rings. The molecule has 1 saturated heterocycles. The minimum Gasteiger partial charge on any atom is -0.496 e. The molecule has 0 spiro atoms. The summed E-state index contributed by atoms with van der Waals surface area (Å²) in [4.78, 5) is 2.36. The number of hydrogen-bond donors (Lipinski definition) is 1. The van der Waals surface area contributed by atoms with Crippen LogP contribution in [0.3, 0.4) is 0 Å². The Morgan fingerprint density at radius 1 is 1.32 bits per heavy atom. The molecule has 3 rings (SSSR count). The van der Waals surface area contributed by atoms with Gasteiger partial charge in [0.2, 0.25) is 6.79 Å². The highest BCUT2D eigenvalue weighted by Gasteiger charge is 2.27. The van der Waals surface area contributed by atoms with Crippen molar-refractivity contribution < 1.29 is 14.2 Å². The summed E-state index contributed by atoms with van der Waals surface area (Å²) >= 11 is 0. The van der Waals surface area contributed by atoms with Gasteiger partial charge in [-0.15, -0.1) is 0 Å². The Labute approximate surface area is 113 Å². The zero-order valence-corrected chi connectivity index (χ0v) is 11.4. The number of methoxy groups -OCH3 is 1. The van der Waals surface area contributed by atoms with Crippen molar-refractivity contribution in [1.29, 1.82) is 0 Å². The van der Waals surface area contributed by atoms with Crippen LogP contribution >= 0.6 is 0 Å². The molecule has 0 saturated carbocycles. The molecule has 2 N–H and O–H groups in total. The van der Waals surface area contributed by atoms with E-state index in [1.54, 1.807) is 7.11 Å². The largest absolute Gasteiger partial charge is 0.496 e. The third kappa shape index (κ3) is 2.35. The minimum atomic E-state index is 0.264. The van der Waals surface area contributed by atoms with E-state index in [2.05, 4.69) is 11.8 Å². The number of fused-ring (bicyclic) bond motifs is 1. The van der Waals surface area contributed by atoms with Crippen LogP contribution in [0.2, 0.25) is 0 Å². The predicted molar refractivity (Wildman–Crippen MR) is 71.5 cm³/mol. The van der Waals surface area contributed by atoms with Crippen molar-refractivity contribution in [3.8, 4) is 17.2 Å². The first-order valence-electron chi connectivity index (χ1n) is 6.62. The number of ether oxygens (including phenoxy) is 3. The molecule has 2 unspecified atom stereocenters. The van der Waals surface area contributed by atoms with E-state index < -0.39 is 0 Å². The lowest BCUT2D eigenvalue weighted by molar-refractivity contribution is 0.174. The number of hydrogen-bond acceptors (Lipinski definition) is 5. The lowest BCUT2D eigenvalue weighted by Crippen LogP contribution is -2.28. The van der Waals surface area contributed by atoms with Gasteiger partial charge >= 0.3 is 0 Å². The number of benzene rings is 1. The minimum absolute atomic E-state index is 0.264. The topological polar surface area (TPSA) is 57.0 Å². The molecule has 0 radical (unpaired) electrons. The Kier molecular flexibility index (Phi) is 3.24. The standard InChI is InChI=1S/C14H20N2O3/c1-9-5-16(7-11(9)15)6-10-3-13-14(19-8-18-13)4-12(10)17-2/h3-4,9,11H,5-8,15H2,1-2H3. The Morgan fingerprint density at radius 2 is 2.05 bits per heavy atom. The van der Waals surface area contributed by atoms with Gasteiger partial charge in [-0.25, -0.2) is 0 Å². The van der Waals surface area contributed by atoms with Crippen molar-refractivity contribution in [3.63, 3.8) is 0 Å². The molecule has 2 aliphatic heterocycles. The van der Waals surface area contributed by atoms with Crippen molar-refractivity contribution in [2.75, 3.05) is 27.0 Å². The van der Waals surface area contributed by atoms with Gasteiger partial charge in [-0.2, -0.15) is 0 Å². The second-order valence-electron chi connectivity index (χ2n) is 5.35. The molecule has 2 heterocycles. The first kappa shape index (κ1) is 12.6. The van der Waals surface area contributed by atoms with E-state index in [0.717, 1.165) is 42.4 Å². The highest BCUT2D eigenvalue weighted by molar-refractivity contribution is 5.51. The van der Waals surface area contributed by atoms with Gasteiger partial charge in [0.15, 0.2) is 11.5 Å². The van der Waals surface area contributed by atoms with Gasteiger partial charge in [0.05, 0.1) is 7.11 Å². The van der Waals surface area contributed by atoms with Crippen molar-refractivity contribution >= 4 is 0 Å². The fourth-order valence-corrected chi connectivity index (χ4v) is 2.74. The zero-order chi connectivity index (χ0) is 13.4. The number of nitrogens with two attached hydrogens (primary N) is 1. The molecule has 19 heavy (non-hydrogen) atoms. The maximum atomic E-state index is 6.07. The van der Waals surface area contributed by atoms with Gasteiger partial charge in [-0.1, -0.05) is 6.92 Å².